The number of hydrogen-bond acceptors (Lipinski definition) is 7. The van der Waals surface area contributed by atoms with Gasteiger partial charge in [0.2, 0.25) is 0 Å². The molecule has 1 N–H and O–H groups in total. The molecule has 1 atom stereocenters. The molecule has 2 aromatic heterocycles. The van der Waals surface area contributed by atoms with Gasteiger partial charge in [-0.2, -0.15) is 0 Å². The van der Waals surface area contributed by atoms with E-state index in [-0.39, 0.29) is 5.56 Å². The Bertz CT molecular complexity index is 1060. The van der Waals surface area contributed by atoms with Crippen molar-refractivity contribution in [1.29, 1.82) is 0 Å². The first-order chi connectivity index (χ1) is 13.4. The summed E-state index contributed by atoms with van der Waals surface area (Å²) in [4.78, 5) is 40.3. The number of fused-ring (bicyclic) bond motifs is 1. The van der Waals surface area contributed by atoms with Crippen molar-refractivity contribution in [2.45, 2.75) is 20.0 Å². The highest BCUT2D eigenvalue weighted by Gasteiger charge is 2.23. The molecule has 3 rings (SSSR count). The zero-order valence-electron chi connectivity index (χ0n) is 15.5. The minimum atomic E-state index is -1.20. The van der Waals surface area contributed by atoms with Crippen LogP contribution >= 0.6 is 0 Å². The molecule has 0 saturated heterocycles. The number of carbonyl (C=O) groups is 3. The molecule has 2 heterocycles. The number of esters is 1. The second kappa shape index (κ2) is 7.91. The molecule has 1 aromatic carbocycles. The first-order valence-corrected chi connectivity index (χ1v) is 8.45. The van der Waals surface area contributed by atoms with Crippen LogP contribution < -0.4 is 5.32 Å². The number of benzene rings is 1. The SMILES string of the molecule is COC(=O)NC(=O)[C@H](C)OC(=O)c1cc(-c2ccc(C)o2)nc2ccccc12. The van der Waals surface area contributed by atoms with Gasteiger partial charge in [-0.25, -0.2) is 14.6 Å². The van der Waals surface area contributed by atoms with E-state index in [1.54, 1.807) is 49.4 Å². The number of aromatic nitrogens is 1. The summed E-state index contributed by atoms with van der Waals surface area (Å²) in [6, 6.07) is 12.2. The Hall–Kier alpha value is -3.68. The number of aryl methyl sites for hydroxylation is 1. The summed E-state index contributed by atoms with van der Waals surface area (Å²) < 4.78 is 15.2. The predicted octanol–water partition coefficient (Wildman–Crippen LogP) is 3.23. The van der Waals surface area contributed by atoms with E-state index in [2.05, 4.69) is 9.72 Å². The second-order valence-corrected chi connectivity index (χ2v) is 6.01. The molecule has 2 amide bonds. The summed E-state index contributed by atoms with van der Waals surface area (Å²) in [6.07, 6.45) is -2.13. The lowest BCUT2D eigenvalue weighted by molar-refractivity contribution is -0.128. The van der Waals surface area contributed by atoms with E-state index in [1.807, 2.05) is 5.32 Å². The summed E-state index contributed by atoms with van der Waals surface area (Å²) in [7, 11) is 1.13. The lowest BCUT2D eigenvalue weighted by Gasteiger charge is -2.14. The standard InChI is InChI=1S/C20H18N2O6/c1-11-8-9-17(27-11)16-10-14(13-6-4-5-7-15(13)21-16)19(24)28-12(2)18(23)22-20(25)26-3/h4-10,12H,1-3H3,(H,22,23,25)/t12-/m0/s1. The van der Waals surface area contributed by atoms with Gasteiger partial charge in [0.1, 0.15) is 11.5 Å². The molecule has 0 aliphatic rings. The number of amides is 2. The number of imide groups is 1. The average Bonchev–Trinajstić information content (AvgIpc) is 3.13. The third-order valence-electron chi connectivity index (χ3n) is 3.99. The largest absolute Gasteiger partial charge is 0.460 e. The number of ether oxygens (including phenoxy) is 2. The molecule has 0 bridgehead atoms. The highest BCUT2D eigenvalue weighted by molar-refractivity contribution is 6.05. The van der Waals surface area contributed by atoms with Crippen LogP contribution in [-0.2, 0) is 14.3 Å². The number of para-hydroxylation sites is 1. The van der Waals surface area contributed by atoms with Crippen LogP contribution in [0.3, 0.4) is 0 Å². The molecule has 144 valence electrons. The van der Waals surface area contributed by atoms with Gasteiger partial charge in [-0.3, -0.25) is 10.1 Å². The van der Waals surface area contributed by atoms with Gasteiger partial charge in [0.05, 0.1) is 18.2 Å². The van der Waals surface area contributed by atoms with Crippen LogP contribution in [0.5, 0.6) is 0 Å². The maximum absolute atomic E-state index is 12.7. The van der Waals surface area contributed by atoms with Gasteiger partial charge < -0.3 is 13.9 Å². The number of hydrogen-bond donors (Lipinski definition) is 1. The molecule has 0 fully saturated rings. The number of carbonyl (C=O) groups excluding carboxylic acids is 3. The number of rotatable bonds is 4. The van der Waals surface area contributed by atoms with Crippen molar-refractivity contribution in [2.24, 2.45) is 0 Å². The van der Waals surface area contributed by atoms with Gasteiger partial charge in [0, 0.05) is 5.39 Å². The molecule has 3 aromatic rings. The fraction of sp³-hybridized carbons (Fsp3) is 0.200. The summed E-state index contributed by atoms with van der Waals surface area (Å²) in [5.41, 5.74) is 1.27. The fourth-order valence-corrected chi connectivity index (χ4v) is 2.57. The van der Waals surface area contributed by atoms with Gasteiger partial charge in [-0.15, -0.1) is 0 Å². The molecule has 8 nitrogen and oxygen atoms in total. The Morgan fingerprint density at radius 2 is 1.89 bits per heavy atom. The number of pyridine rings is 1. The third-order valence-corrected chi connectivity index (χ3v) is 3.99. The highest BCUT2D eigenvalue weighted by atomic mass is 16.6. The fourth-order valence-electron chi connectivity index (χ4n) is 2.57. The van der Waals surface area contributed by atoms with Gasteiger partial charge in [0.25, 0.3) is 5.91 Å². The quantitative estimate of drug-likeness (QED) is 0.690. The Balaban J connectivity index is 1.93. The average molecular weight is 382 g/mol. The minimum absolute atomic E-state index is 0.229. The van der Waals surface area contributed by atoms with Crippen LogP contribution in [0.4, 0.5) is 4.79 Å². The number of nitrogens with zero attached hydrogens (tertiary/aromatic N) is 1. The van der Waals surface area contributed by atoms with E-state index in [4.69, 9.17) is 9.15 Å². The van der Waals surface area contributed by atoms with Crippen LogP contribution in [0.2, 0.25) is 0 Å². The van der Waals surface area contributed by atoms with Crippen LogP contribution in [0.25, 0.3) is 22.4 Å². The van der Waals surface area contributed by atoms with Crippen molar-refractivity contribution >= 4 is 28.9 Å². The number of furan rings is 1. The molecule has 28 heavy (non-hydrogen) atoms. The third kappa shape index (κ3) is 4.01. The molecular formula is C20H18N2O6. The number of methoxy groups -OCH3 is 1. The normalized spacial score (nSPS) is 11.7. The Morgan fingerprint density at radius 3 is 2.57 bits per heavy atom. The Morgan fingerprint density at radius 1 is 1.14 bits per heavy atom. The zero-order chi connectivity index (χ0) is 20.3. The van der Waals surface area contributed by atoms with Crippen molar-refractivity contribution in [3.63, 3.8) is 0 Å². The van der Waals surface area contributed by atoms with Crippen LogP contribution in [0.15, 0.2) is 46.9 Å². The highest BCUT2D eigenvalue weighted by Crippen LogP contribution is 2.27. The zero-order valence-corrected chi connectivity index (χ0v) is 15.5. The summed E-state index contributed by atoms with van der Waals surface area (Å²) >= 11 is 0. The van der Waals surface area contributed by atoms with Crippen molar-refractivity contribution < 1.29 is 28.3 Å². The van der Waals surface area contributed by atoms with Crippen molar-refractivity contribution in [2.75, 3.05) is 7.11 Å². The lowest BCUT2D eigenvalue weighted by atomic mass is 10.1. The molecule has 0 saturated carbocycles. The van der Waals surface area contributed by atoms with E-state index in [0.29, 0.717) is 28.1 Å². The van der Waals surface area contributed by atoms with Crippen molar-refractivity contribution in [3.8, 4) is 11.5 Å². The summed E-state index contributed by atoms with van der Waals surface area (Å²) in [6.45, 7) is 3.16. The van der Waals surface area contributed by atoms with Gasteiger partial charge in [0.15, 0.2) is 11.9 Å². The monoisotopic (exact) mass is 382 g/mol. The Labute approximate surface area is 160 Å². The molecule has 8 heteroatoms. The maximum atomic E-state index is 12.7. The van der Waals surface area contributed by atoms with E-state index in [0.717, 1.165) is 7.11 Å². The van der Waals surface area contributed by atoms with Crippen LogP contribution in [-0.4, -0.2) is 36.2 Å². The van der Waals surface area contributed by atoms with Gasteiger partial charge in [-0.05, 0) is 38.1 Å². The smallest absolute Gasteiger partial charge is 0.413 e. The number of nitrogens with one attached hydrogen (secondary N) is 1. The van der Waals surface area contributed by atoms with Crippen molar-refractivity contribution in [1.82, 2.24) is 10.3 Å². The Kier molecular flexibility index (Phi) is 5.39. The first-order valence-electron chi connectivity index (χ1n) is 8.45. The molecule has 0 spiro atoms. The molecule has 0 aliphatic heterocycles. The first kappa shape index (κ1) is 19.1. The lowest BCUT2D eigenvalue weighted by Crippen LogP contribution is -2.39. The van der Waals surface area contributed by atoms with Crippen LogP contribution in [0, 0.1) is 6.92 Å². The molecule has 0 aliphatic carbocycles. The minimum Gasteiger partial charge on any atom is -0.460 e. The van der Waals surface area contributed by atoms with E-state index >= 15 is 0 Å². The van der Waals surface area contributed by atoms with E-state index in [1.165, 1.54) is 6.92 Å². The van der Waals surface area contributed by atoms with Crippen molar-refractivity contribution in [3.05, 3.63) is 53.8 Å². The van der Waals surface area contributed by atoms with E-state index in [9.17, 15) is 14.4 Å². The van der Waals surface area contributed by atoms with Gasteiger partial charge >= 0.3 is 12.1 Å². The molecular weight excluding hydrogens is 364 g/mol. The predicted molar refractivity (Wildman–Crippen MR) is 99.6 cm³/mol. The molecule has 0 unspecified atom stereocenters. The second-order valence-electron chi connectivity index (χ2n) is 6.01. The number of alkyl carbamates (subject to hydrolysis) is 1. The summed E-state index contributed by atoms with van der Waals surface area (Å²) in [5, 5.41) is 2.53. The van der Waals surface area contributed by atoms with E-state index < -0.39 is 24.1 Å². The maximum Gasteiger partial charge on any atom is 0.413 e. The topological polar surface area (TPSA) is 108 Å². The van der Waals surface area contributed by atoms with Gasteiger partial charge in [-0.1, -0.05) is 18.2 Å². The molecule has 0 radical (unpaired) electrons. The summed E-state index contributed by atoms with van der Waals surface area (Å²) in [5.74, 6) is -0.299. The van der Waals surface area contributed by atoms with Crippen LogP contribution in [0.1, 0.15) is 23.0 Å².